The predicted octanol–water partition coefficient (Wildman–Crippen LogP) is 5.15. The van der Waals surface area contributed by atoms with Gasteiger partial charge in [-0.1, -0.05) is 12.1 Å². The average molecular weight is 607 g/mol. The number of nitrogens with zero attached hydrogens (tertiary/aromatic N) is 1. The molecule has 140 valence electrons. The number of ether oxygens (including phenoxy) is 2. The largest absolute Gasteiger partial charge is 0.493 e. The Balaban J connectivity index is 1.84. The van der Waals surface area contributed by atoms with Crippen LogP contribution in [0.3, 0.4) is 0 Å². The number of halogens is 2. The lowest BCUT2D eigenvalue weighted by atomic mass is 10.1. The van der Waals surface area contributed by atoms with E-state index in [0.29, 0.717) is 23.0 Å². The molecule has 0 aromatic heterocycles. The van der Waals surface area contributed by atoms with Gasteiger partial charge in [0.1, 0.15) is 6.61 Å². The number of amides is 2. The third-order valence-corrected chi connectivity index (χ3v) is 6.31. The summed E-state index contributed by atoms with van der Waals surface area (Å²) in [4.78, 5) is 25.2. The molecule has 0 N–H and O–H groups in total. The number of hydrogen-bond donors (Lipinski definition) is 0. The normalized spacial score (nSPS) is 15.6. The standard InChI is InChI=1S/C19H15I2NO4S/c1-22-18(23)16(27-19(22)24)9-12-7-14(21)17(15(8-12)25-2)26-10-11-3-5-13(20)6-4-11/h3-9H,10H2,1-2H3/b16-9-. The van der Waals surface area contributed by atoms with Crippen LogP contribution in [-0.4, -0.2) is 30.2 Å². The monoisotopic (exact) mass is 607 g/mol. The van der Waals surface area contributed by atoms with Gasteiger partial charge in [0.15, 0.2) is 11.5 Å². The summed E-state index contributed by atoms with van der Waals surface area (Å²) in [5, 5.41) is -0.273. The summed E-state index contributed by atoms with van der Waals surface area (Å²) in [5.41, 5.74) is 1.84. The Labute approximate surface area is 188 Å². The molecule has 8 heteroatoms. The SMILES string of the molecule is COc1cc(/C=C2\SC(=O)N(C)C2=O)cc(I)c1OCc1ccc(I)cc1. The zero-order chi connectivity index (χ0) is 19.6. The van der Waals surface area contributed by atoms with E-state index in [2.05, 4.69) is 45.2 Å². The first-order valence-electron chi connectivity index (χ1n) is 7.85. The summed E-state index contributed by atoms with van der Waals surface area (Å²) in [6.45, 7) is 0.428. The van der Waals surface area contributed by atoms with E-state index in [1.807, 2.05) is 30.3 Å². The van der Waals surface area contributed by atoms with Crippen LogP contribution in [0.5, 0.6) is 11.5 Å². The third kappa shape index (κ3) is 4.77. The number of thioether (sulfide) groups is 1. The molecule has 0 saturated carbocycles. The zero-order valence-electron chi connectivity index (χ0n) is 14.5. The van der Waals surface area contributed by atoms with Crippen LogP contribution in [0.15, 0.2) is 41.3 Å². The van der Waals surface area contributed by atoms with Crippen molar-refractivity contribution in [2.45, 2.75) is 6.61 Å². The summed E-state index contributed by atoms with van der Waals surface area (Å²) in [5.74, 6) is 0.935. The van der Waals surface area contributed by atoms with Crippen LogP contribution in [0.2, 0.25) is 0 Å². The van der Waals surface area contributed by atoms with Crippen molar-refractivity contribution in [2.75, 3.05) is 14.2 Å². The summed E-state index contributed by atoms with van der Waals surface area (Å²) in [7, 11) is 3.05. The van der Waals surface area contributed by atoms with Gasteiger partial charge in [-0.3, -0.25) is 14.5 Å². The van der Waals surface area contributed by atoms with E-state index in [-0.39, 0.29) is 11.1 Å². The molecule has 0 spiro atoms. The van der Waals surface area contributed by atoms with Crippen molar-refractivity contribution in [1.29, 1.82) is 0 Å². The van der Waals surface area contributed by atoms with E-state index in [9.17, 15) is 9.59 Å². The first kappa shape index (κ1) is 20.5. The molecule has 5 nitrogen and oxygen atoms in total. The zero-order valence-corrected chi connectivity index (χ0v) is 19.6. The Morgan fingerprint density at radius 1 is 1.15 bits per heavy atom. The second-order valence-electron chi connectivity index (χ2n) is 5.69. The van der Waals surface area contributed by atoms with Crippen molar-refractivity contribution in [3.8, 4) is 11.5 Å². The van der Waals surface area contributed by atoms with Crippen LogP contribution in [0, 0.1) is 7.14 Å². The highest BCUT2D eigenvalue weighted by Crippen LogP contribution is 2.37. The van der Waals surface area contributed by atoms with E-state index >= 15 is 0 Å². The van der Waals surface area contributed by atoms with Gasteiger partial charge in [-0.05, 0) is 98.4 Å². The van der Waals surface area contributed by atoms with Crippen LogP contribution in [-0.2, 0) is 11.4 Å². The van der Waals surface area contributed by atoms with Gasteiger partial charge in [0.05, 0.1) is 15.6 Å². The lowest BCUT2D eigenvalue weighted by molar-refractivity contribution is -0.121. The number of carbonyl (C=O) groups excluding carboxylic acids is 2. The van der Waals surface area contributed by atoms with E-state index < -0.39 is 0 Å². The van der Waals surface area contributed by atoms with Crippen molar-refractivity contribution in [1.82, 2.24) is 4.90 Å². The van der Waals surface area contributed by atoms with Crippen LogP contribution < -0.4 is 9.47 Å². The predicted molar refractivity (Wildman–Crippen MR) is 123 cm³/mol. The van der Waals surface area contributed by atoms with Crippen LogP contribution in [0.1, 0.15) is 11.1 Å². The molecule has 2 amide bonds. The highest BCUT2D eigenvalue weighted by molar-refractivity contribution is 14.1. The molecule has 0 atom stereocenters. The van der Waals surface area contributed by atoms with Gasteiger partial charge in [-0.15, -0.1) is 0 Å². The first-order chi connectivity index (χ1) is 12.9. The lowest BCUT2D eigenvalue weighted by Gasteiger charge is -2.14. The molecule has 2 aromatic carbocycles. The smallest absolute Gasteiger partial charge is 0.293 e. The Hall–Kier alpha value is -1.27. The van der Waals surface area contributed by atoms with Crippen molar-refractivity contribution in [3.63, 3.8) is 0 Å². The lowest BCUT2D eigenvalue weighted by Crippen LogP contribution is -2.22. The Morgan fingerprint density at radius 3 is 2.44 bits per heavy atom. The van der Waals surface area contributed by atoms with Gasteiger partial charge >= 0.3 is 0 Å². The molecular formula is C19H15I2NO4S. The van der Waals surface area contributed by atoms with E-state index in [4.69, 9.17) is 9.47 Å². The highest BCUT2D eigenvalue weighted by Gasteiger charge is 2.31. The Bertz CT molecular complexity index is 928. The molecule has 1 fully saturated rings. The minimum atomic E-state index is -0.294. The fraction of sp³-hybridized carbons (Fsp3) is 0.158. The second kappa shape index (κ2) is 8.82. The molecule has 1 heterocycles. The molecular weight excluding hydrogens is 592 g/mol. The molecule has 0 unspecified atom stereocenters. The highest BCUT2D eigenvalue weighted by atomic mass is 127. The Kier molecular flexibility index (Phi) is 6.69. The fourth-order valence-corrected chi connectivity index (χ4v) is 4.36. The maximum atomic E-state index is 12.1. The molecule has 2 aromatic rings. The van der Waals surface area contributed by atoms with E-state index in [1.54, 1.807) is 19.3 Å². The molecule has 1 saturated heterocycles. The number of methoxy groups -OCH3 is 1. The number of hydrogen-bond acceptors (Lipinski definition) is 5. The van der Waals surface area contributed by atoms with Gasteiger partial charge in [0.25, 0.3) is 11.1 Å². The van der Waals surface area contributed by atoms with Gasteiger partial charge in [-0.2, -0.15) is 0 Å². The van der Waals surface area contributed by atoms with Crippen molar-refractivity contribution in [3.05, 3.63) is 59.6 Å². The molecule has 0 bridgehead atoms. The fourth-order valence-electron chi connectivity index (χ4n) is 2.40. The molecule has 0 radical (unpaired) electrons. The number of carbonyl (C=O) groups is 2. The van der Waals surface area contributed by atoms with Gasteiger partial charge < -0.3 is 9.47 Å². The summed E-state index contributed by atoms with van der Waals surface area (Å²) in [6, 6.07) is 11.8. The van der Waals surface area contributed by atoms with Crippen LogP contribution >= 0.6 is 56.9 Å². The molecule has 27 heavy (non-hydrogen) atoms. The van der Waals surface area contributed by atoms with Gasteiger partial charge in [0.2, 0.25) is 0 Å². The third-order valence-electron chi connectivity index (χ3n) is 3.83. The topological polar surface area (TPSA) is 55.8 Å². The maximum absolute atomic E-state index is 12.1. The number of benzene rings is 2. The quantitative estimate of drug-likeness (QED) is 0.348. The number of rotatable bonds is 5. The Morgan fingerprint density at radius 2 is 1.85 bits per heavy atom. The van der Waals surface area contributed by atoms with Crippen molar-refractivity contribution >= 4 is 74.2 Å². The van der Waals surface area contributed by atoms with Crippen LogP contribution in [0.4, 0.5) is 4.79 Å². The van der Waals surface area contributed by atoms with Gasteiger partial charge in [0, 0.05) is 10.6 Å². The number of imide groups is 1. The van der Waals surface area contributed by atoms with Gasteiger partial charge in [-0.25, -0.2) is 0 Å². The molecule has 3 rings (SSSR count). The molecule has 0 aliphatic carbocycles. The maximum Gasteiger partial charge on any atom is 0.293 e. The number of likely N-dealkylation sites (N-methyl/N-ethyl adjacent to an activating group) is 1. The van der Waals surface area contributed by atoms with E-state index in [1.165, 1.54) is 10.6 Å². The summed E-state index contributed by atoms with van der Waals surface area (Å²) in [6.07, 6.45) is 1.70. The second-order valence-corrected chi connectivity index (χ2v) is 9.09. The summed E-state index contributed by atoms with van der Waals surface area (Å²) >= 11 is 5.37. The summed E-state index contributed by atoms with van der Waals surface area (Å²) < 4.78 is 13.5. The minimum Gasteiger partial charge on any atom is -0.493 e. The van der Waals surface area contributed by atoms with Crippen molar-refractivity contribution < 1.29 is 19.1 Å². The first-order valence-corrected chi connectivity index (χ1v) is 10.8. The van der Waals surface area contributed by atoms with Crippen molar-refractivity contribution in [2.24, 2.45) is 0 Å². The molecule has 1 aliphatic heterocycles. The minimum absolute atomic E-state index is 0.273. The average Bonchev–Trinajstić information content (AvgIpc) is 2.88. The van der Waals surface area contributed by atoms with Crippen LogP contribution in [0.25, 0.3) is 6.08 Å². The van der Waals surface area contributed by atoms with E-state index in [0.717, 1.165) is 31.4 Å². The molecule has 1 aliphatic rings.